The molecule has 0 heterocycles. The van der Waals surface area contributed by atoms with Crippen molar-refractivity contribution < 1.29 is 0 Å². The molecule has 2 N–H and O–H groups in total. The van der Waals surface area contributed by atoms with Gasteiger partial charge in [0.05, 0.1) is 0 Å². The molecule has 1 rings (SSSR count). The lowest BCUT2D eigenvalue weighted by Gasteiger charge is -2.19. The highest BCUT2D eigenvalue weighted by molar-refractivity contribution is 5.22. The van der Waals surface area contributed by atoms with Crippen LogP contribution >= 0.6 is 0 Å². The van der Waals surface area contributed by atoms with E-state index in [0.717, 1.165) is 19.6 Å². The second kappa shape index (κ2) is 7.20. The van der Waals surface area contributed by atoms with Gasteiger partial charge in [0.25, 0.3) is 0 Å². The summed E-state index contributed by atoms with van der Waals surface area (Å²) in [6.45, 7) is 9.67. The largest absolute Gasteiger partial charge is 0.326 e. The average molecular weight is 218 g/mol. The van der Waals surface area contributed by atoms with E-state index in [-0.39, 0.29) is 0 Å². The molecule has 0 aliphatic heterocycles. The third-order valence-corrected chi connectivity index (χ3v) is 2.59. The third kappa shape index (κ3) is 4.17. The fraction of sp³-hybridized carbons (Fsp3) is 0.429. The molecule has 1 aromatic carbocycles. The maximum Gasteiger partial charge on any atom is 0.0237 e. The first kappa shape index (κ1) is 12.9. The van der Waals surface area contributed by atoms with Crippen LogP contribution in [0.25, 0.3) is 0 Å². The van der Waals surface area contributed by atoms with Crippen LogP contribution in [-0.4, -0.2) is 18.0 Å². The number of hydrogen-bond acceptors (Lipinski definition) is 2. The van der Waals surface area contributed by atoms with Gasteiger partial charge >= 0.3 is 0 Å². The molecule has 0 unspecified atom stereocenters. The summed E-state index contributed by atoms with van der Waals surface area (Å²) in [6.07, 6.45) is 3.14. The molecular formula is C14H22N2. The first-order valence-corrected chi connectivity index (χ1v) is 5.91. The number of rotatable bonds is 7. The topological polar surface area (TPSA) is 29.3 Å². The number of nitrogens with zero attached hydrogens (tertiary/aromatic N) is 1. The molecule has 2 nitrogen and oxygen atoms in total. The van der Waals surface area contributed by atoms with Crippen molar-refractivity contribution in [1.29, 1.82) is 0 Å². The van der Waals surface area contributed by atoms with Crippen molar-refractivity contribution in [2.45, 2.75) is 26.4 Å². The van der Waals surface area contributed by atoms with Gasteiger partial charge in [-0.15, -0.1) is 6.58 Å². The van der Waals surface area contributed by atoms with Crippen LogP contribution in [-0.2, 0) is 13.1 Å². The Morgan fingerprint density at radius 1 is 1.25 bits per heavy atom. The highest BCUT2D eigenvalue weighted by Gasteiger charge is 2.02. The zero-order valence-electron chi connectivity index (χ0n) is 10.2. The Morgan fingerprint density at radius 2 is 1.88 bits per heavy atom. The smallest absolute Gasteiger partial charge is 0.0237 e. The summed E-state index contributed by atoms with van der Waals surface area (Å²) < 4.78 is 0. The van der Waals surface area contributed by atoms with Crippen molar-refractivity contribution in [3.8, 4) is 0 Å². The van der Waals surface area contributed by atoms with Crippen LogP contribution in [0.15, 0.2) is 36.9 Å². The van der Waals surface area contributed by atoms with Crippen molar-refractivity contribution >= 4 is 0 Å². The highest BCUT2D eigenvalue weighted by atomic mass is 15.1. The zero-order chi connectivity index (χ0) is 11.8. The molecular weight excluding hydrogens is 196 g/mol. The van der Waals surface area contributed by atoms with Gasteiger partial charge < -0.3 is 5.73 Å². The van der Waals surface area contributed by atoms with Crippen LogP contribution in [0.3, 0.4) is 0 Å². The molecule has 0 fully saturated rings. The molecule has 0 radical (unpaired) electrons. The van der Waals surface area contributed by atoms with Gasteiger partial charge in [-0.2, -0.15) is 0 Å². The van der Waals surface area contributed by atoms with E-state index >= 15 is 0 Å². The Hall–Kier alpha value is -1.12. The lowest BCUT2D eigenvalue weighted by molar-refractivity contribution is 0.295. The Kier molecular flexibility index (Phi) is 5.83. The molecule has 16 heavy (non-hydrogen) atoms. The zero-order valence-corrected chi connectivity index (χ0v) is 10.2. The molecule has 88 valence electrons. The van der Waals surface area contributed by atoms with Gasteiger partial charge in [-0.05, 0) is 24.1 Å². The Bertz CT molecular complexity index is 303. The molecule has 1 aromatic rings. The first-order valence-electron chi connectivity index (χ1n) is 5.91. The summed E-state index contributed by atoms with van der Waals surface area (Å²) in [5, 5.41) is 0. The van der Waals surface area contributed by atoms with Crippen molar-refractivity contribution in [2.24, 2.45) is 5.73 Å². The summed E-state index contributed by atoms with van der Waals surface area (Å²) in [6, 6.07) is 8.53. The minimum atomic E-state index is 0.617. The van der Waals surface area contributed by atoms with Crippen molar-refractivity contribution in [3.05, 3.63) is 48.0 Å². The first-order chi connectivity index (χ1) is 7.80. The molecule has 0 bridgehead atoms. The second-order valence-electron chi connectivity index (χ2n) is 4.04. The molecule has 2 heteroatoms. The van der Waals surface area contributed by atoms with Crippen LogP contribution in [0.5, 0.6) is 0 Å². The minimum Gasteiger partial charge on any atom is -0.326 e. The Labute approximate surface area is 98.8 Å². The van der Waals surface area contributed by atoms with Crippen LogP contribution in [0.1, 0.15) is 24.5 Å². The summed E-state index contributed by atoms with van der Waals surface area (Å²) in [7, 11) is 0. The summed E-state index contributed by atoms with van der Waals surface area (Å²) in [5.41, 5.74) is 8.10. The normalized spacial score (nSPS) is 10.7. The Balaban J connectivity index is 2.58. The van der Waals surface area contributed by atoms with Gasteiger partial charge in [0.15, 0.2) is 0 Å². The SMILES string of the molecule is C=CCN(CCC)Cc1ccc(CN)cc1. The van der Waals surface area contributed by atoms with Gasteiger partial charge in [-0.3, -0.25) is 4.90 Å². The molecule has 0 aromatic heterocycles. The number of hydrogen-bond donors (Lipinski definition) is 1. The quantitative estimate of drug-likeness (QED) is 0.713. The van der Waals surface area contributed by atoms with Crippen molar-refractivity contribution in [3.63, 3.8) is 0 Å². The molecule has 0 saturated heterocycles. The van der Waals surface area contributed by atoms with E-state index in [1.165, 1.54) is 17.5 Å². The van der Waals surface area contributed by atoms with Crippen LogP contribution < -0.4 is 5.73 Å². The van der Waals surface area contributed by atoms with E-state index < -0.39 is 0 Å². The van der Waals surface area contributed by atoms with E-state index in [1.807, 2.05) is 6.08 Å². The predicted molar refractivity (Wildman–Crippen MR) is 70.1 cm³/mol. The molecule has 0 aliphatic carbocycles. The van der Waals surface area contributed by atoms with Gasteiger partial charge in [-0.25, -0.2) is 0 Å². The number of nitrogens with two attached hydrogens (primary N) is 1. The van der Waals surface area contributed by atoms with Crippen LogP contribution in [0, 0.1) is 0 Å². The second-order valence-corrected chi connectivity index (χ2v) is 4.04. The van der Waals surface area contributed by atoms with Crippen LogP contribution in [0.2, 0.25) is 0 Å². The average Bonchev–Trinajstić information content (AvgIpc) is 2.31. The minimum absolute atomic E-state index is 0.617. The van der Waals surface area contributed by atoms with Crippen molar-refractivity contribution in [2.75, 3.05) is 13.1 Å². The lowest BCUT2D eigenvalue weighted by atomic mass is 10.1. The summed E-state index contributed by atoms with van der Waals surface area (Å²) >= 11 is 0. The van der Waals surface area contributed by atoms with E-state index in [1.54, 1.807) is 0 Å². The van der Waals surface area contributed by atoms with Gasteiger partial charge in [0.1, 0.15) is 0 Å². The standard InChI is InChI=1S/C14H22N2/c1-3-9-16(10-4-2)12-14-7-5-13(11-15)6-8-14/h3,5-8H,1,4,9-12,15H2,2H3. The van der Waals surface area contributed by atoms with Crippen LogP contribution in [0.4, 0.5) is 0 Å². The molecule has 0 atom stereocenters. The van der Waals surface area contributed by atoms with Gasteiger partial charge in [0.2, 0.25) is 0 Å². The van der Waals surface area contributed by atoms with Gasteiger partial charge in [-0.1, -0.05) is 37.3 Å². The Morgan fingerprint density at radius 3 is 2.38 bits per heavy atom. The fourth-order valence-electron chi connectivity index (χ4n) is 1.77. The molecule has 0 aliphatic rings. The van der Waals surface area contributed by atoms with E-state index in [0.29, 0.717) is 6.54 Å². The maximum absolute atomic E-state index is 5.57. The van der Waals surface area contributed by atoms with E-state index in [4.69, 9.17) is 5.73 Å². The fourth-order valence-corrected chi connectivity index (χ4v) is 1.77. The lowest BCUT2D eigenvalue weighted by Crippen LogP contribution is -2.24. The highest BCUT2D eigenvalue weighted by Crippen LogP contribution is 2.07. The third-order valence-electron chi connectivity index (χ3n) is 2.59. The molecule has 0 saturated carbocycles. The van der Waals surface area contributed by atoms with Crippen molar-refractivity contribution in [1.82, 2.24) is 4.90 Å². The van der Waals surface area contributed by atoms with Gasteiger partial charge in [0, 0.05) is 19.6 Å². The molecule has 0 spiro atoms. The van der Waals surface area contributed by atoms with E-state index in [2.05, 4.69) is 42.7 Å². The summed E-state index contributed by atoms with van der Waals surface area (Å²) in [5.74, 6) is 0. The monoisotopic (exact) mass is 218 g/mol. The maximum atomic E-state index is 5.57. The predicted octanol–water partition coefficient (Wildman–Crippen LogP) is 2.54. The molecule has 0 amide bonds. The summed E-state index contributed by atoms with van der Waals surface area (Å²) in [4.78, 5) is 2.39. The van der Waals surface area contributed by atoms with E-state index in [9.17, 15) is 0 Å². The number of benzene rings is 1.